The lowest BCUT2D eigenvalue weighted by atomic mass is 10.1. The highest BCUT2D eigenvalue weighted by molar-refractivity contribution is 7.96. The number of allylic oxidation sites excluding steroid dienone is 1. The minimum absolute atomic E-state index is 0.0241. The van der Waals surface area contributed by atoms with Gasteiger partial charge in [-0.2, -0.15) is 0 Å². The van der Waals surface area contributed by atoms with Crippen molar-refractivity contribution in [2.75, 3.05) is 7.11 Å². The van der Waals surface area contributed by atoms with Crippen LogP contribution < -0.4 is 4.74 Å². The first-order chi connectivity index (χ1) is 13.8. The number of Topliss-reactive ketones (excluding diaryl/α,β-unsaturated/α-hetero) is 1. The van der Waals surface area contributed by atoms with E-state index in [1.54, 1.807) is 36.4 Å². The molecule has 0 amide bonds. The highest BCUT2D eigenvalue weighted by Crippen LogP contribution is 2.27. The van der Waals surface area contributed by atoms with E-state index in [2.05, 4.69) is 0 Å². The van der Waals surface area contributed by atoms with Crippen LogP contribution >= 0.6 is 23.2 Å². The third-order valence-electron chi connectivity index (χ3n) is 4.16. The van der Waals surface area contributed by atoms with Crippen LogP contribution in [0.4, 0.5) is 0 Å². The summed E-state index contributed by atoms with van der Waals surface area (Å²) in [7, 11) is -2.59. The Hall–Kier alpha value is -2.60. The molecule has 0 spiro atoms. The van der Waals surface area contributed by atoms with E-state index < -0.39 is 15.6 Å². The lowest BCUT2D eigenvalue weighted by Gasteiger charge is -2.10. The zero-order valence-electron chi connectivity index (χ0n) is 15.3. The van der Waals surface area contributed by atoms with Crippen LogP contribution in [-0.4, -0.2) is 21.3 Å². The van der Waals surface area contributed by atoms with Crippen LogP contribution in [0.1, 0.15) is 15.9 Å². The second-order valence-electron chi connectivity index (χ2n) is 6.08. The predicted molar refractivity (Wildman–Crippen MR) is 115 cm³/mol. The molecule has 0 aliphatic rings. The molecule has 0 heterocycles. The molecule has 0 saturated carbocycles. The van der Waals surface area contributed by atoms with Gasteiger partial charge in [0.05, 0.1) is 12.0 Å². The molecule has 0 saturated heterocycles. The van der Waals surface area contributed by atoms with Crippen LogP contribution in [0, 0.1) is 0 Å². The number of sulfone groups is 1. The Morgan fingerprint density at radius 1 is 0.828 bits per heavy atom. The fourth-order valence-corrected chi connectivity index (χ4v) is 4.25. The zero-order chi connectivity index (χ0) is 21.0. The molecule has 4 nitrogen and oxygen atoms in total. The van der Waals surface area contributed by atoms with Crippen molar-refractivity contribution in [3.63, 3.8) is 0 Å². The van der Waals surface area contributed by atoms with Crippen LogP contribution in [0.5, 0.6) is 5.75 Å². The van der Waals surface area contributed by atoms with Gasteiger partial charge in [-0.05, 0) is 72.3 Å². The third kappa shape index (κ3) is 4.88. The average molecular weight is 447 g/mol. The maximum Gasteiger partial charge on any atom is 0.210 e. The molecule has 29 heavy (non-hydrogen) atoms. The van der Waals surface area contributed by atoms with Gasteiger partial charge >= 0.3 is 0 Å². The quantitative estimate of drug-likeness (QED) is 0.359. The molecule has 148 valence electrons. The molecular weight excluding hydrogens is 431 g/mol. The van der Waals surface area contributed by atoms with Crippen molar-refractivity contribution in [2.24, 2.45) is 0 Å². The largest absolute Gasteiger partial charge is 0.497 e. The van der Waals surface area contributed by atoms with Gasteiger partial charge in [0.25, 0.3) is 0 Å². The second-order valence-corrected chi connectivity index (χ2v) is 8.87. The van der Waals surface area contributed by atoms with Crippen molar-refractivity contribution >= 4 is 44.9 Å². The monoisotopic (exact) mass is 446 g/mol. The molecule has 3 rings (SSSR count). The summed E-state index contributed by atoms with van der Waals surface area (Å²) in [5.41, 5.74) is 0.757. The first-order valence-corrected chi connectivity index (χ1v) is 10.7. The number of methoxy groups -OCH3 is 1. The number of hydrogen-bond donors (Lipinski definition) is 0. The normalized spacial score (nSPS) is 11.9. The SMILES string of the molecule is COc1ccc(C(=O)/C(=C/c2ccc(Cl)cc2)S(=O)(=O)c2ccc(Cl)cc2)cc1. The molecule has 0 fully saturated rings. The van der Waals surface area contributed by atoms with Crippen LogP contribution in [-0.2, 0) is 9.84 Å². The summed E-state index contributed by atoms with van der Waals surface area (Å²) in [4.78, 5) is 12.8. The standard InChI is InChI=1S/C22H16Cl2O4S/c1-28-19-10-4-16(5-11-19)22(25)21(14-15-2-6-17(23)7-3-15)29(26,27)20-12-8-18(24)9-13-20/h2-14H,1H3/b21-14-. The molecule has 0 aromatic heterocycles. The molecule has 3 aromatic rings. The van der Waals surface area contributed by atoms with E-state index in [0.717, 1.165) is 0 Å². The summed E-state index contributed by atoms with van der Waals surface area (Å²) in [5.74, 6) is -0.0668. The Bertz CT molecular complexity index is 1150. The van der Waals surface area contributed by atoms with E-state index >= 15 is 0 Å². The number of hydrogen-bond acceptors (Lipinski definition) is 4. The van der Waals surface area contributed by atoms with E-state index in [1.807, 2.05) is 0 Å². The van der Waals surface area contributed by atoms with Gasteiger partial charge in [0, 0.05) is 15.6 Å². The molecule has 0 radical (unpaired) electrons. The fraction of sp³-hybridized carbons (Fsp3) is 0.0455. The Labute approximate surface area is 179 Å². The van der Waals surface area contributed by atoms with Crippen molar-refractivity contribution in [3.05, 3.63) is 98.9 Å². The smallest absolute Gasteiger partial charge is 0.210 e. The van der Waals surface area contributed by atoms with Crippen molar-refractivity contribution in [1.29, 1.82) is 0 Å². The summed E-state index contributed by atoms with van der Waals surface area (Å²) < 4.78 is 31.6. The molecule has 3 aromatic carbocycles. The first-order valence-electron chi connectivity index (χ1n) is 8.48. The van der Waals surface area contributed by atoms with Gasteiger partial charge in [0.1, 0.15) is 10.7 Å². The molecule has 0 N–H and O–H groups in total. The molecule has 0 bridgehead atoms. The fourth-order valence-electron chi connectivity index (χ4n) is 2.60. The van der Waals surface area contributed by atoms with E-state index in [1.165, 1.54) is 49.6 Å². The summed E-state index contributed by atoms with van der Waals surface area (Å²) in [6.45, 7) is 0. The minimum Gasteiger partial charge on any atom is -0.497 e. The second kappa shape index (κ2) is 8.82. The minimum atomic E-state index is -4.10. The lowest BCUT2D eigenvalue weighted by Crippen LogP contribution is -2.14. The molecular formula is C22H16Cl2O4S. The first kappa shape index (κ1) is 21.1. The number of ketones is 1. The molecule has 0 aliphatic carbocycles. The predicted octanol–water partition coefficient (Wildman–Crippen LogP) is 5.70. The summed E-state index contributed by atoms with van der Waals surface area (Å²) in [6.07, 6.45) is 1.34. The molecule has 0 atom stereocenters. The molecule has 7 heteroatoms. The lowest BCUT2D eigenvalue weighted by molar-refractivity contribution is 0.104. The Kier molecular flexibility index (Phi) is 6.42. The maximum atomic E-state index is 13.3. The van der Waals surface area contributed by atoms with Gasteiger partial charge in [0.15, 0.2) is 0 Å². The van der Waals surface area contributed by atoms with E-state index in [-0.39, 0.29) is 15.4 Å². The third-order valence-corrected chi connectivity index (χ3v) is 6.44. The van der Waals surface area contributed by atoms with Crippen LogP contribution in [0.15, 0.2) is 82.6 Å². The number of carbonyl (C=O) groups excluding carboxylic acids is 1. The van der Waals surface area contributed by atoms with Gasteiger partial charge in [0.2, 0.25) is 15.6 Å². The van der Waals surface area contributed by atoms with Gasteiger partial charge in [-0.1, -0.05) is 35.3 Å². The Morgan fingerprint density at radius 2 is 1.34 bits per heavy atom. The number of carbonyl (C=O) groups is 1. The van der Waals surface area contributed by atoms with Crippen LogP contribution in [0.3, 0.4) is 0 Å². The van der Waals surface area contributed by atoms with E-state index in [9.17, 15) is 13.2 Å². The highest BCUT2D eigenvalue weighted by atomic mass is 35.5. The van der Waals surface area contributed by atoms with Crippen LogP contribution in [0.25, 0.3) is 6.08 Å². The van der Waals surface area contributed by atoms with Gasteiger partial charge in [-0.15, -0.1) is 0 Å². The van der Waals surface area contributed by atoms with Gasteiger partial charge in [-0.25, -0.2) is 8.42 Å². The molecule has 0 unspecified atom stereocenters. The Morgan fingerprint density at radius 3 is 1.86 bits per heavy atom. The number of rotatable bonds is 6. The number of halogens is 2. The zero-order valence-corrected chi connectivity index (χ0v) is 17.6. The summed E-state index contributed by atoms with van der Waals surface area (Å²) >= 11 is 11.8. The summed E-state index contributed by atoms with van der Waals surface area (Å²) in [5, 5.41) is 0.902. The van der Waals surface area contributed by atoms with E-state index in [4.69, 9.17) is 27.9 Å². The summed E-state index contributed by atoms with van der Waals surface area (Å²) in [6, 6.07) is 18.4. The van der Waals surface area contributed by atoms with Crippen LogP contribution in [0.2, 0.25) is 10.0 Å². The average Bonchev–Trinajstić information content (AvgIpc) is 2.73. The van der Waals surface area contributed by atoms with E-state index in [0.29, 0.717) is 21.4 Å². The van der Waals surface area contributed by atoms with Crippen molar-refractivity contribution in [3.8, 4) is 5.75 Å². The number of ether oxygens (including phenoxy) is 1. The van der Waals surface area contributed by atoms with Gasteiger partial charge < -0.3 is 4.74 Å². The van der Waals surface area contributed by atoms with Gasteiger partial charge in [-0.3, -0.25) is 4.79 Å². The van der Waals surface area contributed by atoms with Crippen molar-refractivity contribution in [2.45, 2.75) is 4.90 Å². The van der Waals surface area contributed by atoms with Crippen molar-refractivity contribution < 1.29 is 17.9 Å². The highest BCUT2D eigenvalue weighted by Gasteiger charge is 2.28. The molecule has 0 aliphatic heterocycles. The Balaban J connectivity index is 2.13. The topological polar surface area (TPSA) is 60.4 Å². The maximum absolute atomic E-state index is 13.3. The van der Waals surface area contributed by atoms with Crippen molar-refractivity contribution in [1.82, 2.24) is 0 Å². The number of benzene rings is 3.